The fraction of sp³-hybridized carbons (Fsp3) is 0.333. The van der Waals surface area contributed by atoms with Crippen LogP contribution < -0.4 is 4.72 Å². The van der Waals surface area contributed by atoms with E-state index in [0.717, 1.165) is 37.3 Å². The third kappa shape index (κ3) is 4.34. The number of nitrogens with zero attached hydrogens (tertiary/aromatic N) is 5. The van der Waals surface area contributed by atoms with E-state index in [4.69, 9.17) is 4.52 Å². The van der Waals surface area contributed by atoms with Gasteiger partial charge in [0.1, 0.15) is 0 Å². The number of hydrogen-bond acceptors (Lipinski definition) is 8. The third-order valence-corrected chi connectivity index (χ3v) is 6.07. The average molecular weight is 400 g/mol. The summed E-state index contributed by atoms with van der Waals surface area (Å²) in [4.78, 5) is 14.9. The molecule has 1 aliphatic heterocycles. The largest absolute Gasteiger partial charge is 0.343 e. The number of anilines is 1. The Morgan fingerprint density at radius 2 is 1.79 bits per heavy atom. The molecule has 1 fully saturated rings. The van der Waals surface area contributed by atoms with Crippen molar-refractivity contribution in [2.45, 2.75) is 30.2 Å². The number of benzene rings is 1. The van der Waals surface area contributed by atoms with Crippen LogP contribution in [-0.4, -0.2) is 46.5 Å². The maximum atomic E-state index is 12.3. The Morgan fingerprint density at radius 3 is 2.43 bits per heavy atom. The van der Waals surface area contributed by atoms with Gasteiger partial charge in [-0.1, -0.05) is 23.4 Å². The van der Waals surface area contributed by atoms with Crippen LogP contribution in [0.25, 0.3) is 0 Å². The fourth-order valence-corrected chi connectivity index (χ4v) is 4.21. The third-order valence-electron chi connectivity index (χ3n) is 4.72. The van der Waals surface area contributed by atoms with Crippen LogP contribution in [0, 0.1) is 0 Å². The van der Waals surface area contributed by atoms with Crippen molar-refractivity contribution >= 4 is 16.0 Å². The Hall–Kier alpha value is -2.85. The van der Waals surface area contributed by atoms with Crippen LogP contribution in [0.1, 0.15) is 30.1 Å². The van der Waals surface area contributed by atoms with Crippen LogP contribution in [0.3, 0.4) is 0 Å². The van der Waals surface area contributed by atoms with Gasteiger partial charge in [-0.25, -0.2) is 23.1 Å². The van der Waals surface area contributed by atoms with E-state index >= 15 is 0 Å². The molecular formula is C18H20N6O3S. The second-order valence-electron chi connectivity index (χ2n) is 6.67. The quantitative estimate of drug-likeness (QED) is 0.669. The predicted octanol–water partition coefficient (Wildman–Crippen LogP) is 2.04. The summed E-state index contributed by atoms with van der Waals surface area (Å²) in [6.07, 6.45) is 6.61. The normalized spacial score (nSPS) is 16.1. The number of sulfonamides is 1. The molecule has 0 amide bonds. The number of aromatic nitrogens is 4. The van der Waals surface area contributed by atoms with Gasteiger partial charge in [0.2, 0.25) is 12.3 Å². The molecule has 28 heavy (non-hydrogen) atoms. The van der Waals surface area contributed by atoms with Crippen molar-refractivity contribution in [3.8, 4) is 0 Å². The van der Waals surface area contributed by atoms with E-state index in [-0.39, 0.29) is 10.8 Å². The van der Waals surface area contributed by atoms with Crippen LogP contribution in [0.5, 0.6) is 0 Å². The lowest BCUT2D eigenvalue weighted by Crippen LogP contribution is -2.32. The summed E-state index contributed by atoms with van der Waals surface area (Å²) < 4.78 is 31.9. The minimum atomic E-state index is -3.69. The number of rotatable bonds is 6. The highest BCUT2D eigenvalue weighted by molar-refractivity contribution is 7.92. The van der Waals surface area contributed by atoms with Crippen molar-refractivity contribution < 1.29 is 12.9 Å². The van der Waals surface area contributed by atoms with Crippen LogP contribution >= 0.6 is 0 Å². The molecule has 3 heterocycles. The molecule has 1 aromatic carbocycles. The zero-order valence-electron chi connectivity index (χ0n) is 15.1. The molecule has 9 nitrogen and oxygen atoms in total. The van der Waals surface area contributed by atoms with Crippen molar-refractivity contribution in [1.29, 1.82) is 0 Å². The summed E-state index contributed by atoms with van der Waals surface area (Å²) in [6, 6.07) is 8.14. The van der Waals surface area contributed by atoms with Crippen LogP contribution in [-0.2, 0) is 16.6 Å². The summed E-state index contributed by atoms with van der Waals surface area (Å²) in [7, 11) is -3.69. The molecule has 0 atom stereocenters. The molecular weight excluding hydrogens is 380 g/mol. The van der Waals surface area contributed by atoms with Gasteiger partial charge in [-0.2, -0.15) is 4.98 Å². The minimum absolute atomic E-state index is 0.0587. The van der Waals surface area contributed by atoms with Gasteiger partial charge in [0.05, 0.1) is 4.90 Å². The molecule has 2 aromatic heterocycles. The Labute approximate surface area is 162 Å². The molecule has 0 bridgehead atoms. The fourth-order valence-electron chi connectivity index (χ4n) is 3.23. The molecule has 146 valence electrons. The highest BCUT2D eigenvalue weighted by Crippen LogP contribution is 2.26. The first-order valence-electron chi connectivity index (χ1n) is 8.97. The van der Waals surface area contributed by atoms with Crippen molar-refractivity contribution in [3.63, 3.8) is 0 Å². The Morgan fingerprint density at radius 1 is 1.07 bits per heavy atom. The van der Waals surface area contributed by atoms with Gasteiger partial charge >= 0.3 is 0 Å². The summed E-state index contributed by atoms with van der Waals surface area (Å²) in [5, 5.41) is 3.93. The lowest BCUT2D eigenvalue weighted by Gasteiger charge is -2.30. The van der Waals surface area contributed by atoms with E-state index in [1.54, 1.807) is 30.6 Å². The van der Waals surface area contributed by atoms with E-state index in [0.29, 0.717) is 12.5 Å². The molecule has 10 heteroatoms. The second kappa shape index (κ2) is 8.03. The van der Waals surface area contributed by atoms with Gasteiger partial charge < -0.3 is 4.52 Å². The molecule has 1 aliphatic rings. The first-order valence-corrected chi connectivity index (χ1v) is 10.5. The van der Waals surface area contributed by atoms with Gasteiger partial charge in [0.25, 0.3) is 10.0 Å². The topological polar surface area (TPSA) is 114 Å². The SMILES string of the molecule is O=S(=O)(Nc1ncc(CN2CCC(c3ncon3)CC2)cn1)c1ccccc1. The smallest absolute Gasteiger partial charge is 0.264 e. The summed E-state index contributed by atoms with van der Waals surface area (Å²) in [6.45, 7) is 2.55. The van der Waals surface area contributed by atoms with Crippen molar-refractivity contribution in [2.24, 2.45) is 0 Å². The van der Waals surface area contributed by atoms with Crippen LogP contribution in [0.15, 0.2) is 58.5 Å². The summed E-state index contributed by atoms with van der Waals surface area (Å²) >= 11 is 0. The van der Waals surface area contributed by atoms with E-state index in [9.17, 15) is 8.42 Å². The molecule has 0 spiro atoms. The van der Waals surface area contributed by atoms with Crippen molar-refractivity contribution in [3.05, 3.63) is 60.5 Å². The lowest BCUT2D eigenvalue weighted by molar-refractivity contribution is 0.200. The zero-order chi connectivity index (χ0) is 19.4. The lowest BCUT2D eigenvalue weighted by atomic mass is 9.96. The molecule has 0 unspecified atom stereocenters. The van der Waals surface area contributed by atoms with Crippen LogP contribution in [0.2, 0.25) is 0 Å². The van der Waals surface area contributed by atoms with E-state index in [1.807, 2.05) is 0 Å². The Balaban J connectivity index is 1.33. The number of hydrogen-bond donors (Lipinski definition) is 1. The predicted molar refractivity (Wildman–Crippen MR) is 101 cm³/mol. The van der Waals surface area contributed by atoms with Gasteiger partial charge in [-0.05, 0) is 38.1 Å². The summed E-state index contributed by atoms with van der Waals surface area (Å²) in [5.41, 5.74) is 0.931. The maximum absolute atomic E-state index is 12.3. The second-order valence-corrected chi connectivity index (χ2v) is 8.36. The number of nitrogens with one attached hydrogen (secondary N) is 1. The van der Waals surface area contributed by atoms with Crippen molar-refractivity contribution in [1.82, 2.24) is 25.0 Å². The van der Waals surface area contributed by atoms with Crippen LogP contribution in [0.4, 0.5) is 5.95 Å². The Bertz CT molecular complexity index is 986. The molecule has 0 aliphatic carbocycles. The zero-order valence-corrected chi connectivity index (χ0v) is 15.9. The van der Waals surface area contributed by atoms with Gasteiger partial charge in [0.15, 0.2) is 5.82 Å². The van der Waals surface area contributed by atoms with E-state index < -0.39 is 10.0 Å². The summed E-state index contributed by atoms with van der Waals surface area (Å²) in [5.74, 6) is 1.17. The molecule has 1 N–H and O–H groups in total. The van der Waals surface area contributed by atoms with Crippen molar-refractivity contribution in [2.75, 3.05) is 17.8 Å². The molecule has 0 saturated carbocycles. The standard InChI is InChI=1S/C18H20N6O3S/c25-28(26,16-4-2-1-3-5-16)23-18-19-10-14(11-20-18)12-24-8-6-15(7-9-24)17-21-13-27-22-17/h1-5,10-11,13,15H,6-9,12H2,(H,19,20,23). The highest BCUT2D eigenvalue weighted by Gasteiger charge is 2.23. The first-order chi connectivity index (χ1) is 13.6. The molecule has 0 radical (unpaired) electrons. The maximum Gasteiger partial charge on any atom is 0.264 e. The number of piperidine rings is 1. The number of likely N-dealkylation sites (tertiary alicyclic amines) is 1. The highest BCUT2D eigenvalue weighted by atomic mass is 32.2. The first kappa shape index (κ1) is 18.5. The molecule has 3 aromatic rings. The van der Waals surface area contributed by atoms with Gasteiger partial charge in [-0.3, -0.25) is 4.90 Å². The molecule has 4 rings (SSSR count). The van der Waals surface area contributed by atoms with Gasteiger partial charge in [0, 0.05) is 30.4 Å². The van der Waals surface area contributed by atoms with Gasteiger partial charge in [-0.15, -0.1) is 0 Å². The van der Waals surface area contributed by atoms with E-state index in [2.05, 4.69) is 29.7 Å². The minimum Gasteiger partial charge on any atom is -0.343 e. The van der Waals surface area contributed by atoms with E-state index in [1.165, 1.54) is 18.5 Å². The average Bonchev–Trinajstić information content (AvgIpc) is 3.25. The Kier molecular flexibility index (Phi) is 5.31. The molecule has 1 saturated heterocycles. The monoisotopic (exact) mass is 400 g/mol.